The summed E-state index contributed by atoms with van der Waals surface area (Å²) in [4.78, 5) is 0. The maximum absolute atomic E-state index is 4.40. The van der Waals surface area contributed by atoms with Gasteiger partial charge in [-0.2, -0.15) is 12.6 Å². The van der Waals surface area contributed by atoms with Crippen LogP contribution in [-0.4, -0.2) is 16.8 Å². The van der Waals surface area contributed by atoms with E-state index < -0.39 is 0 Å². The maximum atomic E-state index is 4.40. The zero-order chi connectivity index (χ0) is 13.1. The van der Waals surface area contributed by atoms with Gasteiger partial charge in [0.25, 0.3) is 0 Å². The van der Waals surface area contributed by atoms with Crippen molar-refractivity contribution in [3.05, 3.63) is 60.2 Å². The van der Waals surface area contributed by atoms with Crippen LogP contribution in [0.5, 0.6) is 0 Å². The second kappa shape index (κ2) is 6.29. The van der Waals surface area contributed by atoms with Crippen molar-refractivity contribution in [2.24, 2.45) is 0 Å². The van der Waals surface area contributed by atoms with Crippen molar-refractivity contribution in [3.63, 3.8) is 0 Å². The summed E-state index contributed by atoms with van der Waals surface area (Å²) in [5.74, 6) is 2.20. The molecule has 0 amide bonds. The summed E-state index contributed by atoms with van der Waals surface area (Å²) < 4.78 is 0.585. The molecule has 0 bridgehead atoms. The Bertz CT molecular complexity index is 521. The molecule has 1 aliphatic rings. The fraction of sp³-hybridized carbons (Fsp3) is 0.250. The third-order valence-corrected chi connectivity index (χ3v) is 7.29. The smallest absolute Gasteiger partial charge is 0.0755 e. The van der Waals surface area contributed by atoms with Crippen LogP contribution >= 0.6 is 36.2 Å². The number of rotatable bonds is 3. The van der Waals surface area contributed by atoms with Gasteiger partial charge in [0.1, 0.15) is 0 Å². The molecule has 0 aromatic heterocycles. The molecular weight excluding hydrogens is 288 g/mol. The van der Waals surface area contributed by atoms with Gasteiger partial charge in [0.2, 0.25) is 0 Å². The van der Waals surface area contributed by atoms with Crippen LogP contribution in [0.3, 0.4) is 0 Å². The zero-order valence-electron chi connectivity index (χ0n) is 10.5. The van der Waals surface area contributed by atoms with Crippen LogP contribution in [0.15, 0.2) is 54.6 Å². The molecule has 0 spiro atoms. The summed E-state index contributed by atoms with van der Waals surface area (Å²) in [6.45, 7) is 0. The molecule has 1 aliphatic heterocycles. The van der Waals surface area contributed by atoms with E-state index >= 15 is 0 Å². The summed E-state index contributed by atoms with van der Waals surface area (Å²) >= 11 is 8.49. The molecule has 2 aromatic carbocycles. The first-order valence-corrected chi connectivity index (χ1v) is 9.02. The third-order valence-electron chi connectivity index (χ3n) is 3.24. The van der Waals surface area contributed by atoms with E-state index in [1.54, 1.807) is 0 Å². The van der Waals surface area contributed by atoms with E-state index in [1.807, 2.05) is 11.8 Å². The third kappa shape index (κ3) is 3.15. The summed E-state index contributed by atoms with van der Waals surface area (Å²) in [6, 6.07) is 19.6. The molecule has 0 N–H and O–H groups in total. The van der Waals surface area contributed by atoms with Gasteiger partial charge in [0.05, 0.1) is 4.58 Å². The first kappa shape index (κ1) is 13.5. The van der Waals surface area contributed by atoms with Crippen LogP contribution in [0.25, 0.3) is 11.1 Å². The lowest BCUT2D eigenvalue weighted by Crippen LogP contribution is -2.01. The Balaban J connectivity index is 1.76. The van der Waals surface area contributed by atoms with Gasteiger partial charge >= 0.3 is 0 Å². The van der Waals surface area contributed by atoms with Crippen LogP contribution in [0, 0.1) is 0 Å². The lowest BCUT2D eigenvalue weighted by molar-refractivity contribution is 1.17. The molecule has 0 saturated carbocycles. The molecule has 0 radical (unpaired) electrons. The fourth-order valence-corrected chi connectivity index (χ4v) is 5.92. The second-order valence-electron chi connectivity index (χ2n) is 4.59. The van der Waals surface area contributed by atoms with E-state index in [4.69, 9.17) is 0 Å². The topological polar surface area (TPSA) is 0 Å². The van der Waals surface area contributed by atoms with E-state index in [-0.39, 0.29) is 0 Å². The van der Waals surface area contributed by atoms with Crippen molar-refractivity contribution in [2.75, 3.05) is 11.5 Å². The van der Waals surface area contributed by atoms with Gasteiger partial charge in [0, 0.05) is 16.8 Å². The molecule has 1 saturated heterocycles. The number of benzene rings is 2. The SMILES string of the molecule is SCC1CSC(c2ccc(-c3ccccc3)cc2)S1. The number of hydrogen-bond acceptors (Lipinski definition) is 3. The monoisotopic (exact) mass is 304 g/mol. The molecule has 3 heteroatoms. The molecule has 1 heterocycles. The van der Waals surface area contributed by atoms with Crippen LogP contribution in [0.1, 0.15) is 10.1 Å². The highest BCUT2D eigenvalue weighted by molar-refractivity contribution is 8.20. The molecular formula is C16H16S3. The maximum Gasteiger partial charge on any atom is 0.0755 e. The molecule has 2 aromatic rings. The van der Waals surface area contributed by atoms with Crippen molar-refractivity contribution in [3.8, 4) is 11.1 Å². The van der Waals surface area contributed by atoms with Gasteiger partial charge in [-0.3, -0.25) is 0 Å². The summed E-state index contributed by atoms with van der Waals surface area (Å²) in [7, 11) is 0. The largest absolute Gasteiger partial charge is 0.178 e. The van der Waals surface area contributed by atoms with E-state index in [0.717, 1.165) is 5.75 Å². The Morgan fingerprint density at radius 1 is 0.947 bits per heavy atom. The lowest BCUT2D eigenvalue weighted by atomic mass is 10.0. The quantitative estimate of drug-likeness (QED) is 0.781. The highest BCUT2D eigenvalue weighted by Crippen LogP contribution is 2.49. The Kier molecular flexibility index (Phi) is 4.46. The van der Waals surface area contributed by atoms with Crippen LogP contribution in [0.4, 0.5) is 0 Å². The lowest BCUT2D eigenvalue weighted by Gasteiger charge is -2.10. The Morgan fingerprint density at radius 3 is 2.26 bits per heavy atom. The standard InChI is InChI=1S/C16H16S3/c17-10-15-11-18-16(19-15)14-8-6-13(7-9-14)12-4-2-1-3-5-12/h1-9,15-17H,10-11H2. The molecule has 0 nitrogen and oxygen atoms in total. The predicted molar refractivity (Wildman–Crippen MR) is 92.3 cm³/mol. The normalized spacial score (nSPS) is 22.6. The van der Waals surface area contributed by atoms with Crippen molar-refractivity contribution < 1.29 is 0 Å². The van der Waals surface area contributed by atoms with E-state index in [0.29, 0.717) is 9.83 Å². The van der Waals surface area contributed by atoms with E-state index in [9.17, 15) is 0 Å². The van der Waals surface area contributed by atoms with Crippen LogP contribution in [-0.2, 0) is 0 Å². The van der Waals surface area contributed by atoms with Gasteiger partial charge in [-0.25, -0.2) is 0 Å². The summed E-state index contributed by atoms with van der Waals surface area (Å²) in [5, 5.41) is 0.701. The van der Waals surface area contributed by atoms with Gasteiger partial charge in [0.15, 0.2) is 0 Å². The van der Waals surface area contributed by atoms with Crippen LogP contribution in [0.2, 0.25) is 0 Å². The first-order valence-electron chi connectivity index (χ1n) is 6.40. The number of thiol groups is 1. The van der Waals surface area contributed by atoms with Gasteiger partial charge in [-0.05, 0) is 16.7 Å². The zero-order valence-corrected chi connectivity index (χ0v) is 13.1. The minimum atomic E-state index is 0.585. The minimum Gasteiger partial charge on any atom is -0.178 e. The molecule has 98 valence electrons. The Hall–Kier alpha value is -0.510. The first-order chi connectivity index (χ1) is 9.36. The Labute approximate surface area is 128 Å². The molecule has 19 heavy (non-hydrogen) atoms. The fourth-order valence-electron chi connectivity index (χ4n) is 2.18. The van der Waals surface area contributed by atoms with E-state index in [1.165, 1.54) is 22.4 Å². The van der Waals surface area contributed by atoms with Crippen molar-refractivity contribution in [1.82, 2.24) is 0 Å². The van der Waals surface area contributed by atoms with Crippen molar-refractivity contribution in [1.29, 1.82) is 0 Å². The van der Waals surface area contributed by atoms with Gasteiger partial charge in [-0.1, -0.05) is 54.6 Å². The molecule has 0 aliphatic carbocycles. The molecule has 2 atom stereocenters. The highest BCUT2D eigenvalue weighted by atomic mass is 32.2. The average Bonchev–Trinajstić information content (AvgIpc) is 2.97. The molecule has 3 rings (SSSR count). The van der Waals surface area contributed by atoms with Crippen molar-refractivity contribution in [2.45, 2.75) is 9.83 Å². The minimum absolute atomic E-state index is 0.585. The Morgan fingerprint density at radius 2 is 1.63 bits per heavy atom. The predicted octanol–water partition coefficient (Wildman–Crippen LogP) is 5.13. The van der Waals surface area contributed by atoms with Gasteiger partial charge < -0.3 is 0 Å². The highest BCUT2D eigenvalue weighted by Gasteiger charge is 2.25. The van der Waals surface area contributed by atoms with Crippen LogP contribution < -0.4 is 0 Å². The van der Waals surface area contributed by atoms with Gasteiger partial charge in [-0.15, -0.1) is 23.5 Å². The molecule has 2 unspecified atom stereocenters. The van der Waals surface area contributed by atoms with E-state index in [2.05, 4.69) is 79.0 Å². The summed E-state index contributed by atoms with van der Waals surface area (Å²) in [6.07, 6.45) is 0. The number of thioether (sulfide) groups is 2. The van der Waals surface area contributed by atoms with Crippen molar-refractivity contribution >= 4 is 36.2 Å². The average molecular weight is 305 g/mol. The summed E-state index contributed by atoms with van der Waals surface area (Å²) in [5.41, 5.74) is 4.01. The molecule has 1 fully saturated rings. The number of hydrogen-bond donors (Lipinski definition) is 1. The second-order valence-corrected chi connectivity index (χ2v) is 7.81.